The minimum atomic E-state index is 0.164. The zero-order chi connectivity index (χ0) is 8.65. The highest BCUT2D eigenvalue weighted by atomic mass is 127. The smallest absolute Gasteiger partial charge is 0.103 e. The van der Waals surface area contributed by atoms with Crippen LogP contribution in [-0.2, 0) is 12.5 Å². The molecular weight excluding hydrogens is 251 g/mol. The van der Waals surface area contributed by atoms with Gasteiger partial charge in [0, 0.05) is 12.5 Å². The maximum atomic E-state index is 4.34. The Morgan fingerprint density at radius 2 is 2.00 bits per heavy atom. The first-order chi connectivity index (χ1) is 4.93. The molecule has 11 heavy (non-hydrogen) atoms. The van der Waals surface area contributed by atoms with E-state index in [9.17, 15) is 0 Å². The van der Waals surface area contributed by atoms with Gasteiger partial charge in [-0.15, -0.1) is 0 Å². The molecular formula is C8H13IN2. The molecule has 0 aliphatic rings. The molecule has 3 heteroatoms. The standard InChI is InChI=1S/C8H13IN2/c1-8(2,3)6-7(9)11(4)5-10-6/h5H,1-4H3. The third-order valence-electron chi connectivity index (χ3n) is 1.58. The predicted molar refractivity (Wildman–Crippen MR) is 54.6 cm³/mol. The fourth-order valence-corrected chi connectivity index (χ4v) is 1.99. The maximum Gasteiger partial charge on any atom is 0.103 e. The van der Waals surface area contributed by atoms with Crippen molar-refractivity contribution in [2.24, 2.45) is 7.05 Å². The van der Waals surface area contributed by atoms with E-state index in [0.29, 0.717) is 0 Å². The fraction of sp³-hybridized carbons (Fsp3) is 0.625. The lowest BCUT2D eigenvalue weighted by Gasteiger charge is -2.15. The Kier molecular flexibility index (Phi) is 2.27. The second-order valence-electron chi connectivity index (χ2n) is 3.74. The van der Waals surface area contributed by atoms with Crippen LogP contribution in [0.4, 0.5) is 0 Å². The molecule has 0 radical (unpaired) electrons. The second kappa shape index (κ2) is 2.77. The number of hydrogen-bond donors (Lipinski definition) is 0. The zero-order valence-corrected chi connectivity index (χ0v) is 9.51. The lowest BCUT2D eigenvalue weighted by molar-refractivity contribution is 0.567. The summed E-state index contributed by atoms with van der Waals surface area (Å²) in [4.78, 5) is 4.34. The Bertz CT molecular complexity index is 258. The van der Waals surface area contributed by atoms with Gasteiger partial charge in [0.2, 0.25) is 0 Å². The average Bonchev–Trinajstić information content (AvgIpc) is 2.11. The summed E-state index contributed by atoms with van der Waals surface area (Å²) in [5.74, 6) is 0. The molecule has 0 fully saturated rings. The molecule has 0 atom stereocenters. The molecule has 1 heterocycles. The van der Waals surface area contributed by atoms with Crippen molar-refractivity contribution in [3.05, 3.63) is 15.7 Å². The van der Waals surface area contributed by atoms with Crippen LogP contribution in [0.15, 0.2) is 6.33 Å². The molecule has 0 amide bonds. The molecule has 0 aliphatic carbocycles. The van der Waals surface area contributed by atoms with Crippen molar-refractivity contribution in [3.8, 4) is 0 Å². The van der Waals surface area contributed by atoms with Crippen molar-refractivity contribution in [1.29, 1.82) is 0 Å². The van der Waals surface area contributed by atoms with E-state index in [4.69, 9.17) is 0 Å². The Morgan fingerprint density at radius 3 is 2.18 bits per heavy atom. The third-order valence-corrected chi connectivity index (χ3v) is 2.85. The van der Waals surface area contributed by atoms with E-state index in [0.717, 1.165) is 0 Å². The van der Waals surface area contributed by atoms with Crippen molar-refractivity contribution in [1.82, 2.24) is 9.55 Å². The molecule has 62 valence electrons. The Balaban J connectivity index is 3.15. The van der Waals surface area contributed by atoms with Crippen LogP contribution in [-0.4, -0.2) is 9.55 Å². The van der Waals surface area contributed by atoms with Crippen LogP contribution in [0, 0.1) is 3.70 Å². The highest BCUT2D eigenvalue weighted by molar-refractivity contribution is 14.1. The molecule has 0 aliphatic heterocycles. The molecule has 0 saturated heterocycles. The molecule has 0 unspecified atom stereocenters. The van der Waals surface area contributed by atoms with E-state index < -0.39 is 0 Å². The predicted octanol–water partition coefficient (Wildman–Crippen LogP) is 2.32. The first-order valence-electron chi connectivity index (χ1n) is 3.60. The van der Waals surface area contributed by atoms with Crippen LogP contribution in [0.25, 0.3) is 0 Å². The maximum absolute atomic E-state index is 4.34. The normalized spacial score (nSPS) is 12.1. The number of imidazole rings is 1. The van der Waals surface area contributed by atoms with Gasteiger partial charge < -0.3 is 4.57 Å². The van der Waals surface area contributed by atoms with Gasteiger partial charge in [-0.25, -0.2) is 4.98 Å². The summed E-state index contributed by atoms with van der Waals surface area (Å²) in [7, 11) is 2.02. The first kappa shape index (κ1) is 9.03. The van der Waals surface area contributed by atoms with Gasteiger partial charge >= 0.3 is 0 Å². The van der Waals surface area contributed by atoms with E-state index in [1.54, 1.807) is 0 Å². The van der Waals surface area contributed by atoms with Gasteiger partial charge in [0.25, 0.3) is 0 Å². The van der Waals surface area contributed by atoms with Gasteiger partial charge in [0.05, 0.1) is 12.0 Å². The lowest BCUT2D eigenvalue weighted by atomic mass is 9.93. The van der Waals surface area contributed by atoms with Crippen LogP contribution in [0.2, 0.25) is 0 Å². The van der Waals surface area contributed by atoms with Gasteiger partial charge in [-0.1, -0.05) is 20.8 Å². The number of aromatic nitrogens is 2. The topological polar surface area (TPSA) is 17.8 Å². The molecule has 0 N–H and O–H groups in total. The zero-order valence-electron chi connectivity index (χ0n) is 7.35. The number of nitrogens with zero attached hydrogens (tertiary/aromatic N) is 2. The Labute approximate surface area is 81.2 Å². The molecule has 0 aromatic carbocycles. The van der Waals surface area contributed by atoms with E-state index in [2.05, 4.69) is 48.3 Å². The van der Waals surface area contributed by atoms with Crippen molar-refractivity contribution < 1.29 is 0 Å². The summed E-state index contributed by atoms with van der Waals surface area (Å²) in [6.45, 7) is 6.53. The van der Waals surface area contributed by atoms with Gasteiger partial charge in [-0.05, 0) is 22.6 Å². The Hall–Kier alpha value is -0.0600. The number of hydrogen-bond acceptors (Lipinski definition) is 1. The number of rotatable bonds is 0. The summed E-state index contributed by atoms with van der Waals surface area (Å²) in [6, 6.07) is 0. The lowest BCUT2D eigenvalue weighted by Crippen LogP contribution is -2.13. The van der Waals surface area contributed by atoms with Crippen LogP contribution in [0.5, 0.6) is 0 Å². The quantitative estimate of drug-likeness (QED) is 0.657. The van der Waals surface area contributed by atoms with Gasteiger partial charge in [0.1, 0.15) is 3.70 Å². The minimum Gasteiger partial charge on any atom is -0.329 e. The largest absolute Gasteiger partial charge is 0.329 e. The summed E-state index contributed by atoms with van der Waals surface area (Å²) >= 11 is 2.33. The summed E-state index contributed by atoms with van der Waals surface area (Å²) in [5, 5.41) is 0. The highest BCUT2D eigenvalue weighted by Gasteiger charge is 2.20. The third kappa shape index (κ3) is 1.75. The van der Waals surface area contributed by atoms with Gasteiger partial charge in [0.15, 0.2) is 0 Å². The highest BCUT2D eigenvalue weighted by Crippen LogP contribution is 2.24. The summed E-state index contributed by atoms with van der Waals surface area (Å²) in [5.41, 5.74) is 1.35. The molecule has 0 saturated carbocycles. The number of aryl methyl sites for hydroxylation is 1. The average molecular weight is 264 g/mol. The van der Waals surface area contributed by atoms with Crippen molar-refractivity contribution in [2.75, 3.05) is 0 Å². The van der Waals surface area contributed by atoms with E-state index in [1.165, 1.54) is 9.39 Å². The molecule has 0 spiro atoms. The van der Waals surface area contributed by atoms with Crippen LogP contribution in [0.1, 0.15) is 26.5 Å². The Morgan fingerprint density at radius 1 is 1.45 bits per heavy atom. The first-order valence-corrected chi connectivity index (χ1v) is 4.68. The monoisotopic (exact) mass is 264 g/mol. The van der Waals surface area contributed by atoms with Crippen molar-refractivity contribution in [2.45, 2.75) is 26.2 Å². The number of halogens is 1. The van der Waals surface area contributed by atoms with Crippen molar-refractivity contribution >= 4 is 22.6 Å². The van der Waals surface area contributed by atoms with Crippen LogP contribution >= 0.6 is 22.6 Å². The van der Waals surface area contributed by atoms with Crippen LogP contribution < -0.4 is 0 Å². The molecule has 1 aromatic heterocycles. The molecule has 1 aromatic rings. The van der Waals surface area contributed by atoms with Gasteiger partial charge in [-0.2, -0.15) is 0 Å². The van der Waals surface area contributed by atoms with E-state index >= 15 is 0 Å². The van der Waals surface area contributed by atoms with Crippen molar-refractivity contribution in [3.63, 3.8) is 0 Å². The minimum absolute atomic E-state index is 0.164. The second-order valence-corrected chi connectivity index (χ2v) is 4.77. The molecule has 2 nitrogen and oxygen atoms in total. The summed E-state index contributed by atoms with van der Waals surface area (Å²) in [6.07, 6.45) is 1.86. The van der Waals surface area contributed by atoms with E-state index in [-0.39, 0.29) is 5.41 Å². The fourth-order valence-electron chi connectivity index (χ4n) is 0.918. The SMILES string of the molecule is Cn1cnc(C(C)(C)C)c1I. The van der Waals surface area contributed by atoms with Gasteiger partial charge in [-0.3, -0.25) is 0 Å². The van der Waals surface area contributed by atoms with E-state index in [1.807, 2.05) is 17.9 Å². The summed E-state index contributed by atoms with van der Waals surface area (Å²) < 4.78 is 3.27. The molecule has 0 bridgehead atoms. The molecule has 1 rings (SSSR count). The van der Waals surface area contributed by atoms with Crippen LogP contribution in [0.3, 0.4) is 0 Å².